The van der Waals surface area contributed by atoms with E-state index in [0.717, 1.165) is 47.3 Å². The fourth-order valence-electron chi connectivity index (χ4n) is 2.93. The van der Waals surface area contributed by atoms with Crippen LogP contribution in [0.25, 0.3) is 16.7 Å². The summed E-state index contributed by atoms with van der Waals surface area (Å²) in [5, 5.41) is 13.2. The maximum atomic E-state index is 9.66. The number of aryl methyl sites for hydroxylation is 1. The van der Waals surface area contributed by atoms with Crippen molar-refractivity contribution in [3.05, 3.63) is 41.5 Å². The molecule has 1 unspecified atom stereocenters. The van der Waals surface area contributed by atoms with Gasteiger partial charge in [0.1, 0.15) is 11.9 Å². The van der Waals surface area contributed by atoms with Gasteiger partial charge in [0.05, 0.1) is 16.6 Å². The lowest BCUT2D eigenvalue weighted by molar-refractivity contribution is 0.756. The molecule has 4 nitrogen and oxygen atoms in total. The smallest absolute Gasteiger partial charge is 0.157 e. The Morgan fingerprint density at radius 3 is 2.78 bits per heavy atom. The minimum absolute atomic E-state index is 0.363. The first kappa shape index (κ1) is 15.4. The number of nitriles is 1. The summed E-state index contributed by atoms with van der Waals surface area (Å²) in [5.41, 5.74) is 4.48. The zero-order chi connectivity index (χ0) is 16.4. The van der Waals surface area contributed by atoms with Gasteiger partial charge in [-0.25, -0.2) is 4.98 Å². The van der Waals surface area contributed by atoms with Crippen molar-refractivity contribution in [2.24, 2.45) is 0 Å². The van der Waals surface area contributed by atoms with Crippen LogP contribution in [-0.4, -0.2) is 15.4 Å². The maximum Gasteiger partial charge on any atom is 0.157 e. The van der Waals surface area contributed by atoms with Crippen molar-refractivity contribution in [3.63, 3.8) is 0 Å². The number of nitrogens with one attached hydrogen (secondary N) is 1. The number of aromatic nitrogens is 2. The average molecular weight is 306 g/mol. The van der Waals surface area contributed by atoms with Crippen molar-refractivity contribution < 1.29 is 0 Å². The standard InChI is InChI=1S/C19H22N4/c1-4-8-14-11-18(21-13(3)5-2)23-17-10-7-6-9-16(17)22-19(23)15(14)12-20/h6-7,9-11,13,21H,4-5,8H2,1-3H3. The molecular weight excluding hydrogens is 284 g/mol. The molecule has 118 valence electrons. The number of imidazole rings is 1. The minimum atomic E-state index is 0.363. The number of pyridine rings is 1. The highest BCUT2D eigenvalue weighted by atomic mass is 15.1. The van der Waals surface area contributed by atoms with Gasteiger partial charge in [0, 0.05) is 6.04 Å². The number of hydrogen-bond acceptors (Lipinski definition) is 3. The molecule has 3 rings (SSSR count). The zero-order valence-corrected chi connectivity index (χ0v) is 13.9. The number of para-hydroxylation sites is 2. The van der Waals surface area contributed by atoms with Crippen LogP contribution >= 0.6 is 0 Å². The summed E-state index contributed by atoms with van der Waals surface area (Å²) in [5.74, 6) is 1.02. The molecule has 0 aliphatic carbocycles. The van der Waals surface area contributed by atoms with E-state index >= 15 is 0 Å². The summed E-state index contributed by atoms with van der Waals surface area (Å²) in [6.45, 7) is 6.47. The van der Waals surface area contributed by atoms with Gasteiger partial charge in [-0.3, -0.25) is 4.40 Å². The van der Waals surface area contributed by atoms with Gasteiger partial charge in [-0.15, -0.1) is 0 Å². The van der Waals surface area contributed by atoms with E-state index in [-0.39, 0.29) is 0 Å². The van der Waals surface area contributed by atoms with Crippen LogP contribution in [0.2, 0.25) is 0 Å². The highest BCUT2D eigenvalue weighted by Gasteiger charge is 2.17. The van der Waals surface area contributed by atoms with Crippen LogP contribution in [0, 0.1) is 11.3 Å². The second kappa shape index (κ2) is 6.29. The summed E-state index contributed by atoms with van der Waals surface area (Å²) in [7, 11) is 0. The van der Waals surface area contributed by atoms with Gasteiger partial charge < -0.3 is 5.32 Å². The molecule has 0 aliphatic rings. The van der Waals surface area contributed by atoms with E-state index in [9.17, 15) is 5.26 Å². The maximum absolute atomic E-state index is 9.66. The highest BCUT2D eigenvalue weighted by Crippen LogP contribution is 2.28. The van der Waals surface area contributed by atoms with Gasteiger partial charge >= 0.3 is 0 Å². The van der Waals surface area contributed by atoms with E-state index in [1.165, 1.54) is 0 Å². The number of benzene rings is 1. The summed E-state index contributed by atoms with van der Waals surface area (Å²) < 4.78 is 2.08. The molecule has 2 aromatic heterocycles. The Bertz CT molecular complexity index is 886. The lowest BCUT2D eigenvalue weighted by Gasteiger charge is -2.17. The Kier molecular flexibility index (Phi) is 4.20. The third-order valence-electron chi connectivity index (χ3n) is 4.30. The third-order valence-corrected chi connectivity index (χ3v) is 4.30. The zero-order valence-electron chi connectivity index (χ0n) is 13.9. The van der Waals surface area contributed by atoms with Crippen molar-refractivity contribution >= 4 is 22.5 Å². The Hall–Kier alpha value is -2.54. The Balaban J connectivity index is 2.36. The van der Waals surface area contributed by atoms with Crippen LogP contribution in [-0.2, 0) is 6.42 Å². The Morgan fingerprint density at radius 2 is 2.09 bits per heavy atom. The van der Waals surface area contributed by atoms with Gasteiger partial charge in [-0.05, 0) is 43.5 Å². The molecule has 1 aromatic carbocycles. The van der Waals surface area contributed by atoms with Crippen molar-refractivity contribution in [1.82, 2.24) is 9.38 Å². The van der Waals surface area contributed by atoms with Crippen molar-refractivity contribution in [1.29, 1.82) is 5.26 Å². The fraction of sp³-hybridized carbons (Fsp3) is 0.368. The van der Waals surface area contributed by atoms with Crippen LogP contribution in [0.5, 0.6) is 0 Å². The molecule has 0 spiro atoms. The van der Waals surface area contributed by atoms with E-state index in [1.807, 2.05) is 18.2 Å². The lowest BCUT2D eigenvalue weighted by Crippen LogP contribution is -2.16. The molecule has 0 saturated carbocycles. The second-order valence-electron chi connectivity index (χ2n) is 6.00. The molecule has 3 aromatic rings. The van der Waals surface area contributed by atoms with E-state index in [0.29, 0.717) is 11.6 Å². The minimum Gasteiger partial charge on any atom is -0.369 e. The molecule has 1 N–H and O–H groups in total. The molecule has 2 heterocycles. The normalized spacial score (nSPS) is 12.4. The Morgan fingerprint density at radius 1 is 1.30 bits per heavy atom. The summed E-state index contributed by atoms with van der Waals surface area (Å²) in [6.07, 6.45) is 2.93. The first-order valence-electron chi connectivity index (χ1n) is 8.29. The van der Waals surface area contributed by atoms with Crippen LogP contribution in [0.15, 0.2) is 30.3 Å². The lowest BCUT2D eigenvalue weighted by atomic mass is 10.1. The molecule has 4 heteroatoms. The molecule has 1 atom stereocenters. The summed E-state index contributed by atoms with van der Waals surface area (Å²) >= 11 is 0. The third kappa shape index (κ3) is 2.63. The highest BCUT2D eigenvalue weighted by molar-refractivity contribution is 5.85. The quantitative estimate of drug-likeness (QED) is 0.754. The number of anilines is 1. The van der Waals surface area contributed by atoms with Gasteiger partial charge in [-0.1, -0.05) is 32.4 Å². The predicted molar refractivity (Wildman–Crippen MR) is 94.8 cm³/mol. The largest absolute Gasteiger partial charge is 0.369 e. The first-order valence-corrected chi connectivity index (χ1v) is 8.29. The SMILES string of the molecule is CCCc1cc(NC(C)CC)n2c(nc3ccccc32)c1C#N. The molecule has 23 heavy (non-hydrogen) atoms. The molecular formula is C19H22N4. The van der Waals surface area contributed by atoms with Gasteiger partial charge in [0.15, 0.2) is 5.65 Å². The summed E-state index contributed by atoms with van der Waals surface area (Å²) in [4.78, 5) is 4.72. The van der Waals surface area contributed by atoms with Gasteiger partial charge in [0.25, 0.3) is 0 Å². The molecule has 0 bridgehead atoms. The van der Waals surface area contributed by atoms with Gasteiger partial charge in [-0.2, -0.15) is 5.26 Å². The van der Waals surface area contributed by atoms with Crippen molar-refractivity contribution in [2.45, 2.75) is 46.1 Å². The molecule has 0 fully saturated rings. The number of hydrogen-bond donors (Lipinski definition) is 1. The first-order chi connectivity index (χ1) is 11.2. The number of fused-ring (bicyclic) bond motifs is 3. The number of rotatable bonds is 5. The van der Waals surface area contributed by atoms with Crippen molar-refractivity contribution in [2.75, 3.05) is 5.32 Å². The molecule has 0 radical (unpaired) electrons. The van der Waals surface area contributed by atoms with Gasteiger partial charge in [0.2, 0.25) is 0 Å². The number of nitrogens with zero attached hydrogens (tertiary/aromatic N) is 3. The average Bonchev–Trinajstić information content (AvgIpc) is 2.94. The predicted octanol–water partition coefficient (Wildman–Crippen LogP) is 4.52. The van der Waals surface area contributed by atoms with E-state index < -0.39 is 0 Å². The molecule has 0 aliphatic heterocycles. The van der Waals surface area contributed by atoms with E-state index in [1.54, 1.807) is 0 Å². The summed E-state index contributed by atoms with van der Waals surface area (Å²) in [6, 6.07) is 12.9. The Labute approximate surface area is 136 Å². The molecule has 0 saturated heterocycles. The topological polar surface area (TPSA) is 53.1 Å². The van der Waals surface area contributed by atoms with Crippen LogP contribution in [0.4, 0.5) is 5.82 Å². The van der Waals surface area contributed by atoms with E-state index in [4.69, 9.17) is 4.98 Å². The van der Waals surface area contributed by atoms with Crippen LogP contribution < -0.4 is 5.32 Å². The van der Waals surface area contributed by atoms with E-state index in [2.05, 4.69) is 48.7 Å². The second-order valence-corrected chi connectivity index (χ2v) is 6.00. The van der Waals surface area contributed by atoms with Crippen LogP contribution in [0.1, 0.15) is 44.7 Å². The van der Waals surface area contributed by atoms with Crippen LogP contribution in [0.3, 0.4) is 0 Å². The molecule has 0 amide bonds. The fourth-order valence-corrected chi connectivity index (χ4v) is 2.93. The van der Waals surface area contributed by atoms with Crippen molar-refractivity contribution in [3.8, 4) is 6.07 Å². The monoisotopic (exact) mass is 306 g/mol.